The summed E-state index contributed by atoms with van der Waals surface area (Å²) in [5.41, 5.74) is 2.62. The Kier molecular flexibility index (Phi) is 3.19. The molecule has 0 unspecified atom stereocenters. The van der Waals surface area contributed by atoms with E-state index in [0.717, 1.165) is 25.7 Å². The van der Waals surface area contributed by atoms with Crippen LogP contribution >= 0.6 is 0 Å². The molecular weight excluding hydrogens is 224 g/mol. The third-order valence-corrected chi connectivity index (χ3v) is 3.36. The highest BCUT2D eigenvalue weighted by atomic mass is 15.3. The molecule has 0 saturated heterocycles. The van der Waals surface area contributed by atoms with Crippen LogP contribution in [0.4, 0.5) is 0 Å². The van der Waals surface area contributed by atoms with Gasteiger partial charge in [0.1, 0.15) is 0 Å². The first-order chi connectivity index (χ1) is 8.83. The van der Waals surface area contributed by atoms with Gasteiger partial charge in [0.25, 0.3) is 0 Å². The largest absolute Gasteiger partial charge is 0.349 e. The number of hydrogen-bond acceptors (Lipinski definition) is 2. The van der Waals surface area contributed by atoms with Gasteiger partial charge in [0, 0.05) is 43.3 Å². The molecule has 0 spiro atoms. The fourth-order valence-corrected chi connectivity index (χ4v) is 2.11. The Labute approximate surface area is 108 Å². The molecule has 0 bridgehead atoms. The summed E-state index contributed by atoms with van der Waals surface area (Å²) in [5, 5.41) is 7.83. The monoisotopic (exact) mass is 244 g/mol. The minimum atomic E-state index is 0.774. The topological polar surface area (TPSA) is 34.8 Å². The van der Waals surface area contributed by atoms with E-state index in [4.69, 9.17) is 0 Å². The molecule has 1 saturated carbocycles. The third kappa shape index (κ3) is 2.82. The Bertz CT molecular complexity index is 507. The molecule has 4 heteroatoms. The van der Waals surface area contributed by atoms with Gasteiger partial charge >= 0.3 is 0 Å². The summed E-state index contributed by atoms with van der Waals surface area (Å²) in [6.45, 7) is 4.94. The molecule has 2 heterocycles. The van der Waals surface area contributed by atoms with E-state index in [0.29, 0.717) is 0 Å². The zero-order valence-electron chi connectivity index (χ0n) is 10.8. The molecule has 1 N–H and O–H groups in total. The lowest BCUT2D eigenvalue weighted by atomic mass is 10.3. The van der Waals surface area contributed by atoms with Crippen molar-refractivity contribution in [3.8, 4) is 0 Å². The van der Waals surface area contributed by atoms with Gasteiger partial charge in [-0.3, -0.25) is 4.68 Å². The first-order valence-electron chi connectivity index (χ1n) is 6.73. The highest BCUT2D eigenvalue weighted by Gasteiger charge is 2.19. The highest BCUT2D eigenvalue weighted by Crippen LogP contribution is 2.19. The van der Waals surface area contributed by atoms with Crippen molar-refractivity contribution in [3.63, 3.8) is 0 Å². The maximum Gasteiger partial charge on any atom is 0.0539 e. The Balaban J connectivity index is 1.58. The third-order valence-electron chi connectivity index (χ3n) is 3.36. The first-order valence-corrected chi connectivity index (χ1v) is 6.73. The smallest absolute Gasteiger partial charge is 0.0539 e. The molecule has 1 aliphatic carbocycles. The van der Waals surface area contributed by atoms with Crippen LogP contribution in [0, 0.1) is 0 Å². The average Bonchev–Trinajstić information content (AvgIpc) is 2.93. The van der Waals surface area contributed by atoms with Gasteiger partial charge in [0.05, 0.1) is 12.7 Å². The lowest BCUT2D eigenvalue weighted by Gasteiger charge is -2.01. The minimum absolute atomic E-state index is 0.774. The average molecular weight is 244 g/mol. The van der Waals surface area contributed by atoms with E-state index in [9.17, 15) is 0 Å². The van der Waals surface area contributed by atoms with Gasteiger partial charge in [0.15, 0.2) is 0 Å². The molecule has 0 aliphatic heterocycles. The summed E-state index contributed by atoms with van der Waals surface area (Å²) in [6.07, 6.45) is 11.1. The summed E-state index contributed by atoms with van der Waals surface area (Å²) in [7, 11) is 0. The Hall–Kier alpha value is -1.55. The lowest BCUT2D eigenvalue weighted by Crippen LogP contribution is -2.14. The second-order valence-corrected chi connectivity index (χ2v) is 5.05. The van der Waals surface area contributed by atoms with Crippen molar-refractivity contribution < 1.29 is 0 Å². The second kappa shape index (κ2) is 4.98. The lowest BCUT2D eigenvalue weighted by molar-refractivity contribution is 0.658. The van der Waals surface area contributed by atoms with Crippen LogP contribution in [0.25, 0.3) is 0 Å². The van der Waals surface area contributed by atoms with E-state index in [-0.39, 0.29) is 0 Å². The molecule has 4 nitrogen and oxygen atoms in total. The van der Waals surface area contributed by atoms with Crippen molar-refractivity contribution in [2.75, 3.05) is 0 Å². The molecule has 0 amide bonds. The number of aryl methyl sites for hydroxylation is 1. The number of rotatable bonds is 6. The maximum atomic E-state index is 4.30. The fourth-order valence-electron chi connectivity index (χ4n) is 2.11. The van der Waals surface area contributed by atoms with E-state index in [2.05, 4.69) is 46.6 Å². The van der Waals surface area contributed by atoms with Crippen LogP contribution in [0.2, 0.25) is 0 Å². The predicted octanol–water partition coefficient (Wildman–Crippen LogP) is 2.00. The van der Waals surface area contributed by atoms with Crippen LogP contribution in [0.15, 0.2) is 30.9 Å². The summed E-state index contributed by atoms with van der Waals surface area (Å²) in [5.74, 6) is 0. The van der Waals surface area contributed by atoms with Crippen LogP contribution < -0.4 is 5.32 Å². The van der Waals surface area contributed by atoms with E-state index < -0.39 is 0 Å². The van der Waals surface area contributed by atoms with Gasteiger partial charge in [-0.1, -0.05) is 0 Å². The Morgan fingerprint density at radius 3 is 2.94 bits per heavy atom. The Morgan fingerprint density at radius 2 is 2.22 bits per heavy atom. The van der Waals surface area contributed by atoms with Crippen LogP contribution in [0.5, 0.6) is 0 Å². The molecule has 1 aliphatic rings. The zero-order chi connectivity index (χ0) is 12.4. The molecular formula is C14H20N4. The highest BCUT2D eigenvalue weighted by molar-refractivity contribution is 5.13. The number of nitrogens with one attached hydrogen (secondary N) is 1. The van der Waals surface area contributed by atoms with Crippen LogP contribution in [0.1, 0.15) is 30.9 Å². The van der Waals surface area contributed by atoms with Crippen molar-refractivity contribution in [2.45, 2.75) is 45.4 Å². The molecule has 0 aromatic carbocycles. The summed E-state index contributed by atoms with van der Waals surface area (Å²) in [6, 6.07) is 2.97. The van der Waals surface area contributed by atoms with Crippen LogP contribution in [0.3, 0.4) is 0 Å². The summed E-state index contributed by atoms with van der Waals surface area (Å²) < 4.78 is 4.19. The van der Waals surface area contributed by atoms with Crippen molar-refractivity contribution in [1.29, 1.82) is 0 Å². The van der Waals surface area contributed by atoms with Crippen molar-refractivity contribution in [2.24, 2.45) is 0 Å². The quantitative estimate of drug-likeness (QED) is 0.843. The molecule has 0 radical (unpaired) electrons. The standard InChI is InChI=1S/C14H20N4/c1-2-18-11-13(8-16-18)10-17-6-5-12(9-17)7-15-14-3-4-14/h5-6,8-9,11,14-15H,2-4,7,10H2,1H3. The van der Waals surface area contributed by atoms with Gasteiger partial charge < -0.3 is 9.88 Å². The molecule has 18 heavy (non-hydrogen) atoms. The van der Waals surface area contributed by atoms with E-state index >= 15 is 0 Å². The normalized spacial score (nSPS) is 15.2. The maximum absolute atomic E-state index is 4.30. The van der Waals surface area contributed by atoms with Gasteiger partial charge in [-0.15, -0.1) is 0 Å². The Morgan fingerprint density at radius 1 is 1.33 bits per heavy atom. The number of hydrogen-bond donors (Lipinski definition) is 1. The van der Waals surface area contributed by atoms with E-state index in [1.807, 2.05) is 10.9 Å². The second-order valence-electron chi connectivity index (χ2n) is 5.05. The zero-order valence-corrected chi connectivity index (χ0v) is 10.8. The van der Waals surface area contributed by atoms with E-state index in [1.54, 1.807) is 0 Å². The van der Waals surface area contributed by atoms with Gasteiger partial charge in [-0.05, 0) is 31.4 Å². The van der Waals surface area contributed by atoms with Crippen molar-refractivity contribution >= 4 is 0 Å². The molecule has 2 aromatic rings. The van der Waals surface area contributed by atoms with Gasteiger partial charge in [0.2, 0.25) is 0 Å². The first kappa shape index (κ1) is 11.5. The van der Waals surface area contributed by atoms with Crippen molar-refractivity contribution in [3.05, 3.63) is 42.0 Å². The number of nitrogens with zero attached hydrogens (tertiary/aromatic N) is 3. The van der Waals surface area contributed by atoms with Crippen molar-refractivity contribution in [1.82, 2.24) is 19.7 Å². The fraction of sp³-hybridized carbons (Fsp3) is 0.500. The SMILES string of the molecule is CCn1cc(Cn2ccc(CNC3CC3)c2)cn1. The molecule has 0 atom stereocenters. The molecule has 2 aromatic heterocycles. The molecule has 96 valence electrons. The summed E-state index contributed by atoms with van der Waals surface area (Å²) in [4.78, 5) is 0. The molecule has 1 fully saturated rings. The predicted molar refractivity (Wildman–Crippen MR) is 71.3 cm³/mol. The van der Waals surface area contributed by atoms with Crippen LogP contribution in [-0.4, -0.2) is 20.4 Å². The minimum Gasteiger partial charge on any atom is -0.349 e. The molecule has 3 rings (SSSR count). The van der Waals surface area contributed by atoms with Gasteiger partial charge in [-0.25, -0.2) is 0 Å². The number of aromatic nitrogens is 3. The van der Waals surface area contributed by atoms with E-state index in [1.165, 1.54) is 24.0 Å². The van der Waals surface area contributed by atoms with Crippen LogP contribution in [-0.2, 0) is 19.6 Å². The van der Waals surface area contributed by atoms with Gasteiger partial charge in [-0.2, -0.15) is 5.10 Å². The summed E-state index contributed by atoms with van der Waals surface area (Å²) >= 11 is 0.